The Morgan fingerprint density at radius 3 is 1.70 bits per heavy atom. The maximum atomic E-state index is 8.90. The Morgan fingerprint density at radius 2 is 1.23 bits per heavy atom. The van der Waals surface area contributed by atoms with Gasteiger partial charge in [-0.05, 0) is 124 Å². The minimum absolute atomic E-state index is 0.146. The first kappa shape index (κ1) is 44.2. The van der Waals surface area contributed by atoms with Crippen molar-refractivity contribution < 1.29 is 23.5 Å². The van der Waals surface area contributed by atoms with E-state index in [1.165, 1.54) is 5.56 Å². The maximum absolute atomic E-state index is 8.90. The monoisotopic (exact) mass is 933 g/mol. The summed E-state index contributed by atoms with van der Waals surface area (Å²) in [5.74, 6) is 0.810. The molecule has 10 nitrogen and oxygen atoms in total. The highest BCUT2D eigenvalue weighted by molar-refractivity contribution is 9.10. The third-order valence-corrected chi connectivity index (χ3v) is 11.6. The van der Waals surface area contributed by atoms with Crippen LogP contribution in [0.2, 0.25) is 10.0 Å². The van der Waals surface area contributed by atoms with Crippen LogP contribution in [-0.2, 0) is 18.8 Å². The van der Waals surface area contributed by atoms with E-state index in [9.17, 15) is 0 Å². The first-order valence-corrected chi connectivity index (χ1v) is 20.3. The van der Waals surface area contributed by atoms with Crippen molar-refractivity contribution in [3.05, 3.63) is 133 Å². The molecular weight excluding hydrogens is 896 g/mol. The Kier molecular flexibility index (Phi) is 15.7. The molecule has 3 aliphatic rings. The number of nitrogens with zero attached hydrogens (tertiary/aromatic N) is 5. The number of ether oxygens (including phenoxy) is 3. The fraction of sp³-hybridized carbons (Fsp3) is 0.310. The molecule has 6 heterocycles. The van der Waals surface area contributed by atoms with Crippen molar-refractivity contribution in [2.45, 2.75) is 63.9 Å². The highest BCUT2D eigenvalue weighted by Gasteiger charge is 2.51. The van der Waals surface area contributed by atoms with Gasteiger partial charge in [-0.25, -0.2) is 0 Å². The van der Waals surface area contributed by atoms with Crippen LogP contribution in [0, 0.1) is 22.7 Å². The number of aromatic nitrogens is 3. The molecule has 0 aliphatic carbocycles. The third kappa shape index (κ3) is 11.2. The van der Waals surface area contributed by atoms with Gasteiger partial charge in [-0.1, -0.05) is 35.3 Å². The minimum Gasteiger partial charge on any atom is -0.495 e. The molecular formula is C42H40BBr2Cl2N5O5. The summed E-state index contributed by atoms with van der Waals surface area (Å²) in [5.41, 5.74) is 5.33. The van der Waals surface area contributed by atoms with Crippen LogP contribution in [0.5, 0.6) is 5.75 Å². The average molecular weight is 936 g/mol. The van der Waals surface area contributed by atoms with Crippen molar-refractivity contribution in [3.8, 4) is 29.0 Å². The summed E-state index contributed by atoms with van der Waals surface area (Å²) < 4.78 is 29.6. The fourth-order valence-electron chi connectivity index (χ4n) is 5.59. The van der Waals surface area contributed by atoms with Gasteiger partial charge in [0.15, 0.2) is 0 Å². The number of hydrogen-bond donors (Lipinski definition) is 0. The van der Waals surface area contributed by atoms with Crippen LogP contribution < -0.4 is 10.2 Å². The van der Waals surface area contributed by atoms with Gasteiger partial charge in [-0.3, -0.25) is 15.0 Å². The molecule has 0 amide bonds. The van der Waals surface area contributed by atoms with Crippen LogP contribution in [0.15, 0.2) is 101 Å². The van der Waals surface area contributed by atoms with Crippen LogP contribution in [0.25, 0.3) is 11.1 Å². The van der Waals surface area contributed by atoms with Crippen LogP contribution in [-0.4, -0.2) is 53.6 Å². The van der Waals surface area contributed by atoms with Crippen molar-refractivity contribution in [2.24, 2.45) is 0 Å². The first-order chi connectivity index (χ1) is 27.3. The molecule has 294 valence electrons. The molecule has 2 atom stereocenters. The maximum Gasteiger partial charge on any atom is 0.494 e. The van der Waals surface area contributed by atoms with Crippen LogP contribution in [0.1, 0.15) is 75.0 Å². The minimum atomic E-state index is -0.444. The number of benzene rings is 2. The van der Waals surface area contributed by atoms with Crippen molar-refractivity contribution in [3.63, 3.8) is 0 Å². The van der Waals surface area contributed by atoms with Gasteiger partial charge < -0.3 is 23.5 Å². The Morgan fingerprint density at radius 1 is 0.719 bits per heavy atom. The van der Waals surface area contributed by atoms with E-state index < -0.39 is 7.12 Å². The number of pyridine rings is 3. The van der Waals surface area contributed by atoms with Crippen molar-refractivity contribution >= 4 is 67.6 Å². The van der Waals surface area contributed by atoms with E-state index in [-0.39, 0.29) is 17.3 Å². The molecule has 3 aromatic heterocycles. The van der Waals surface area contributed by atoms with Gasteiger partial charge >= 0.3 is 7.12 Å². The van der Waals surface area contributed by atoms with Gasteiger partial charge in [-0.15, -0.1) is 0 Å². The molecule has 0 saturated carbocycles. The molecule has 3 fully saturated rings. The summed E-state index contributed by atoms with van der Waals surface area (Å²) >= 11 is 18.8. The molecule has 8 rings (SSSR count). The van der Waals surface area contributed by atoms with Gasteiger partial charge in [0, 0.05) is 60.1 Å². The summed E-state index contributed by atoms with van der Waals surface area (Å²) in [4.78, 5) is 12.0. The van der Waals surface area contributed by atoms with Crippen molar-refractivity contribution in [1.29, 1.82) is 10.5 Å². The van der Waals surface area contributed by atoms with Crippen LogP contribution in [0.3, 0.4) is 0 Å². The second-order valence-electron chi connectivity index (χ2n) is 13.9. The Balaban J connectivity index is 0.000000151. The highest BCUT2D eigenvalue weighted by Crippen LogP contribution is 2.38. The lowest BCUT2D eigenvalue weighted by molar-refractivity contribution is -0.0531. The SMILES string of the molecule is Brc1cnccc1C1CCO1.CC1(C)OB(c2ccc(C#N)c(Cl)c2)OC1(C)C.COc1ccncc1Br.N#Cc1ccc(-c2cnccc2C2CCO2)cc1Cl. The lowest BCUT2D eigenvalue weighted by Crippen LogP contribution is -2.41. The van der Waals surface area contributed by atoms with E-state index in [0.29, 0.717) is 27.3 Å². The predicted molar refractivity (Wildman–Crippen MR) is 228 cm³/mol. The van der Waals surface area contributed by atoms with Gasteiger partial charge in [-0.2, -0.15) is 10.5 Å². The van der Waals surface area contributed by atoms with Crippen molar-refractivity contribution in [1.82, 2.24) is 15.0 Å². The number of hydrogen-bond acceptors (Lipinski definition) is 10. The molecule has 0 spiro atoms. The topological polar surface area (TPSA) is 132 Å². The lowest BCUT2D eigenvalue weighted by atomic mass is 9.79. The zero-order valence-electron chi connectivity index (χ0n) is 32.0. The fourth-order valence-corrected chi connectivity index (χ4v) is 6.96. The highest BCUT2D eigenvalue weighted by atomic mass is 79.9. The predicted octanol–water partition coefficient (Wildman–Crippen LogP) is 10.4. The van der Waals surface area contributed by atoms with Crippen molar-refractivity contribution in [2.75, 3.05) is 20.3 Å². The van der Waals surface area contributed by atoms with E-state index in [1.54, 1.807) is 68.4 Å². The quantitative estimate of drug-likeness (QED) is 0.157. The Labute approximate surface area is 360 Å². The Hall–Kier alpha value is -3.89. The summed E-state index contributed by atoms with van der Waals surface area (Å²) in [6, 6.07) is 20.5. The number of methoxy groups -OCH3 is 1. The molecule has 2 aromatic carbocycles. The summed E-state index contributed by atoms with van der Waals surface area (Å²) in [6.07, 6.45) is 13.2. The van der Waals surface area contributed by atoms with E-state index in [2.05, 4.69) is 52.9 Å². The largest absolute Gasteiger partial charge is 0.495 e. The molecule has 2 unspecified atom stereocenters. The standard InChI is InChI=1S/C15H11ClN2O.C13H15BClNO2.C8H8BrNO.C6H6BrNO/c16-14-7-10(1-2-11(14)8-17)13-9-18-5-3-12(13)15-4-6-19-15;1-12(2)13(3,4)18-14(17-12)10-6-5-9(8-16)11(15)7-10;9-7-5-10-3-1-6(7)8-2-4-11-8;1-9-6-2-3-8-4-5(6)7/h1-3,5,7,9,15H,4,6H2;5-7H,1-4H3;1,3,5,8H,2,4H2;2-4H,1H3. The number of rotatable bonds is 5. The van der Waals surface area contributed by atoms with Gasteiger partial charge in [0.1, 0.15) is 17.9 Å². The van der Waals surface area contributed by atoms with Gasteiger partial charge in [0.2, 0.25) is 0 Å². The van der Waals surface area contributed by atoms with E-state index in [0.717, 1.165) is 62.9 Å². The second kappa shape index (κ2) is 20.2. The summed E-state index contributed by atoms with van der Waals surface area (Å²) in [5, 5.41) is 18.6. The van der Waals surface area contributed by atoms with Gasteiger partial charge in [0.25, 0.3) is 0 Å². The molecule has 0 radical (unpaired) electrons. The second-order valence-corrected chi connectivity index (χ2v) is 16.4. The third-order valence-electron chi connectivity index (χ3n) is 9.75. The normalized spacial score (nSPS) is 18.3. The van der Waals surface area contributed by atoms with E-state index in [4.69, 9.17) is 57.2 Å². The number of halogens is 4. The zero-order chi connectivity index (χ0) is 41.2. The average Bonchev–Trinajstić information content (AvgIpc) is 3.38. The molecule has 15 heteroatoms. The Bertz CT molecular complexity index is 2230. The van der Waals surface area contributed by atoms with Crippen LogP contribution in [0.4, 0.5) is 0 Å². The smallest absolute Gasteiger partial charge is 0.494 e. The van der Waals surface area contributed by atoms with Gasteiger partial charge in [0.05, 0.1) is 69.4 Å². The van der Waals surface area contributed by atoms with Crippen LogP contribution >= 0.6 is 55.1 Å². The first-order valence-electron chi connectivity index (χ1n) is 17.9. The molecule has 3 aliphatic heterocycles. The molecule has 5 aromatic rings. The zero-order valence-corrected chi connectivity index (χ0v) is 36.7. The summed E-state index contributed by atoms with van der Waals surface area (Å²) in [7, 11) is 1.18. The van der Waals surface area contributed by atoms with E-state index >= 15 is 0 Å². The van der Waals surface area contributed by atoms with E-state index in [1.807, 2.05) is 64.2 Å². The molecule has 0 bridgehead atoms. The molecule has 0 N–H and O–H groups in total. The number of nitriles is 2. The summed E-state index contributed by atoms with van der Waals surface area (Å²) in [6.45, 7) is 9.69. The molecule has 3 saturated heterocycles. The lowest BCUT2D eigenvalue weighted by Gasteiger charge is -2.32. The molecule has 57 heavy (non-hydrogen) atoms.